The molecule has 0 unspecified atom stereocenters. The van der Waals surface area contributed by atoms with Crippen molar-refractivity contribution in [1.29, 1.82) is 0 Å². The molecule has 0 bridgehead atoms. The molecule has 3 rings (SSSR count). The predicted molar refractivity (Wildman–Crippen MR) is 76.8 cm³/mol. The zero-order valence-corrected chi connectivity index (χ0v) is 12.2. The Bertz CT molecular complexity index is 530. The molecule has 5 nitrogen and oxygen atoms in total. The standard InChI is InChI=1S/C13H16BrN5/c14-10-7-15-13(16-8-10)17-9-11-5-6-19(18-11)12-3-1-2-4-12/h5-8,12H,1-4,9H2,(H,15,16,17). The van der Waals surface area contributed by atoms with Crippen LogP contribution in [0.2, 0.25) is 0 Å². The van der Waals surface area contributed by atoms with E-state index in [-0.39, 0.29) is 0 Å². The minimum Gasteiger partial charge on any atom is -0.348 e. The number of rotatable bonds is 4. The Morgan fingerprint density at radius 2 is 2.00 bits per heavy atom. The van der Waals surface area contributed by atoms with Gasteiger partial charge >= 0.3 is 0 Å². The highest BCUT2D eigenvalue weighted by molar-refractivity contribution is 9.10. The molecule has 1 saturated carbocycles. The number of anilines is 1. The SMILES string of the molecule is Brc1cnc(NCc2ccn(C3CCCC3)n2)nc1. The van der Waals surface area contributed by atoms with Crippen LogP contribution in [0.25, 0.3) is 0 Å². The maximum Gasteiger partial charge on any atom is 0.222 e. The first kappa shape index (κ1) is 12.6. The van der Waals surface area contributed by atoms with Crippen molar-refractivity contribution < 1.29 is 0 Å². The average Bonchev–Trinajstić information content (AvgIpc) is 3.09. The van der Waals surface area contributed by atoms with Gasteiger partial charge in [-0.2, -0.15) is 5.10 Å². The van der Waals surface area contributed by atoms with Crippen molar-refractivity contribution in [3.8, 4) is 0 Å². The molecule has 0 saturated heterocycles. The second-order valence-electron chi connectivity index (χ2n) is 4.80. The molecule has 2 aromatic heterocycles. The van der Waals surface area contributed by atoms with Crippen LogP contribution in [-0.4, -0.2) is 19.7 Å². The van der Waals surface area contributed by atoms with Crippen LogP contribution < -0.4 is 5.32 Å². The lowest BCUT2D eigenvalue weighted by molar-refractivity contribution is 0.463. The molecule has 2 heterocycles. The monoisotopic (exact) mass is 321 g/mol. The van der Waals surface area contributed by atoms with Gasteiger partial charge in [0.25, 0.3) is 0 Å². The molecule has 1 aliphatic carbocycles. The molecule has 0 amide bonds. The van der Waals surface area contributed by atoms with E-state index >= 15 is 0 Å². The fraction of sp³-hybridized carbons (Fsp3) is 0.462. The van der Waals surface area contributed by atoms with Crippen molar-refractivity contribution in [2.75, 3.05) is 5.32 Å². The number of hydrogen-bond acceptors (Lipinski definition) is 4. The van der Waals surface area contributed by atoms with E-state index < -0.39 is 0 Å². The van der Waals surface area contributed by atoms with Gasteiger partial charge < -0.3 is 5.32 Å². The van der Waals surface area contributed by atoms with Gasteiger partial charge in [0.2, 0.25) is 5.95 Å². The third-order valence-corrected chi connectivity index (χ3v) is 3.82. The molecule has 0 aromatic carbocycles. The quantitative estimate of drug-likeness (QED) is 0.939. The van der Waals surface area contributed by atoms with Crippen molar-refractivity contribution in [3.63, 3.8) is 0 Å². The Morgan fingerprint density at radius 1 is 1.26 bits per heavy atom. The summed E-state index contributed by atoms with van der Waals surface area (Å²) in [6, 6.07) is 2.65. The van der Waals surface area contributed by atoms with Crippen molar-refractivity contribution in [2.24, 2.45) is 0 Å². The molecule has 0 aliphatic heterocycles. The number of halogens is 1. The van der Waals surface area contributed by atoms with Crippen molar-refractivity contribution in [2.45, 2.75) is 38.3 Å². The smallest absolute Gasteiger partial charge is 0.222 e. The summed E-state index contributed by atoms with van der Waals surface area (Å²) >= 11 is 3.31. The van der Waals surface area contributed by atoms with Gasteiger partial charge in [-0.15, -0.1) is 0 Å². The summed E-state index contributed by atoms with van der Waals surface area (Å²) in [6.45, 7) is 0.654. The van der Waals surface area contributed by atoms with E-state index in [2.05, 4.69) is 53.3 Å². The molecule has 0 radical (unpaired) electrons. The molecule has 1 aliphatic rings. The summed E-state index contributed by atoms with van der Waals surface area (Å²) in [7, 11) is 0. The maximum absolute atomic E-state index is 4.61. The Balaban J connectivity index is 1.59. The fourth-order valence-corrected chi connectivity index (χ4v) is 2.62. The molecule has 19 heavy (non-hydrogen) atoms. The highest BCUT2D eigenvalue weighted by atomic mass is 79.9. The van der Waals surface area contributed by atoms with E-state index in [0.29, 0.717) is 18.5 Å². The summed E-state index contributed by atoms with van der Waals surface area (Å²) < 4.78 is 2.98. The highest BCUT2D eigenvalue weighted by Gasteiger charge is 2.17. The molecule has 100 valence electrons. The lowest BCUT2D eigenvalue weighted by atomic mass is 10.3. The highest BCUT2D eigenvalue weighted by Crippen LogP contribution is 2.28. The van der Waals surface area contributed by atoms with Crippen LogP contribution in [0.5, 0.6) is 0 Å². The normalized spacial score (nSPS) is 15.8. The zero-order valence-electron chi connectivity index (χ0n) is 10.6. The summed E-state index contributed by atoms with van der Waals surface area (Å²) in [4.78, 5) is 8.35. The summed E-state index contributed by atoms with van der Waals surface area (Å²) in [6.07, 6.45) is 10.7. The second kappa shape index (κ2) is 5.69. The van der Waals surface area contributed by atoms with E-state index in [1.54, 1.807) is 12.4 Å². The average molecular weight is 322 g/mol. The molecular weight excluding hydrogens is 306 g/mol. The van der Waals surface area contributed by atoms with Gasteiger partial charge in [-0.1, -0.05) is 12.8 Å². The Kier molecular flexibility index (Phi) is 3.77. The summed E-state index contributed by atoms with van der Waals surface area (Å²) in [5.74, 6) is 0.624. The van der Waals surface area contributed by atoms with Gasteiger partial charge in [0.1, 0.15) is 0 Å². The maximum atomic E-state index is 4.61. The molecular formula is C13H16BrN5. The first-order chi connectivity index (χ1) is 9.31. The Hall–Kier alpha value is -1.43. The van der Waals surface area contributed by atoms with Gasteiger partial charge in [-0.3, -0.25) is 4.68 Å². The van der Waals surface area contributed by atoms with E-state index in [4.69, 9.17) is 0 Å². The van der Waals surface area contributed by atoms with Crippen molar-refractivity contribution >= 4 is 21.9 Å². The number of aromatic nitrogens is 4. The number of nitrogens with zero attached hydrogens (tertiary/aromatic N) is 4. The van der Waals surface area contributed by atoms with Crippen LogP contribution in [0, 0.1) is 0 Å². The molecule has 0 atom stereocenters. The van der Waals surface area contributed by atoms with Gasteiger partial charge in [-0.25, -0.2) is 9.97 Å². The van der Waals surface area contributed by atoms with Crippen LogP contribution in [0.4, 0.5) is 5.95 Å². The van der Waals surface area contributed by atoms with Crippen LogP contribution >= 0.6 is 15.9 Å². The van der Waals surface area contributed by atoms with E-state index in [9.17, 15) is 0 Å². The van der Waals surface area contributed by atoms with E-state index in [1.165, 1.54) is 25.7 Å². The topological polar surface area (TPSA) is 55.6 Å². The zero-order chi connectivity index (χ0) is 13.1. The van der Waals surface area contributed by atoms with Gasteiger partial charge in [-0.05, 0) is 34.8 Å². The molecule has 2 aromatic rings. The molecule has 0 spiro atoms. The third kappa shape index (κ3) is 3.12. The Labute approximate surface area is 120 Å². The number of hydrogen-bond donors (Lipinski definition) is 1. The minimum absolute atomic E-state index is 0.595. The van der Waals surface area contributed by atoms with Gasteiger partial charge in [0.05, 0.1) is 22.8 Å². The lowest BCUT2D eigenvalue weighted by Crippen LogP contribution is -2.08. The largest absolute Gasteiger partial charge is 0.348 e. The fourth-order valence-electron chi connectivity index (χ4n) is 2.42. The van der Waals surface area contributed by atoms with Crippen LogP contribution in [0.3, 0.4) is 0 Å². The summed E-state index contributed by atoms with van der Waals surface area (Å²) in [5, 5.41) is 7.79. The van der Waals surface area contributed by atoms with Crippen molar-refractivity contribution in [3.05, 3.63) is 34.8 Å². The third-order valence-electron chi connectivity index (χ3n) is 3.41. The summed E-state index contributed by atoms with van der Waals surface area (Å²) in [5.41, 5.74) is 1.03. The first-order valence-corrected chi connectivity index (χ1v) is 7.36. The van der Waals surface area contributed by atoms with Gasteiger partial charge in [0.15, 0.2) is 0 Å². The number of nitrogens with one attached hydrogen (secondary N) is 1. The second-order valence-corrected chi connectivity index (χ2v) is 5.72. The van der Waals surface area contributed by atoms with Crippen LogP contribution in [0.1, 0.15) is 37.4 Å². The van der Waals surface area contributed by atoms with E-state index in [1.807, 2.05) is 0 Å². The van der Waals surface area contributed by atoms with Crippen LogP contribution in [-0.2, 0) is 6.54 Å². The van der Waals surface area contributed by atoms with E-state index in [0.717, 1.165) is 10.2 Å². The van der Waals surface area contributed by atoms with Crippen molar-refractivity contribution in [1.82, 2.24) is 19.7 Å². The molecule has 1 fully saturated rings. The molecule has 1 N–H and O–H groups in total. The lowest BCUT2D eigenvalue weighted by Gasteiger charge is -2.08. The Morgan fingerprint density at radius 3 is 2.74 bits per heavy atom. The van der Waals surface area contributed by atoms with Gasteiger partial charge in [0, 0.05) is 18.6 Å². The predicted octanol–water partition coefficient (Wildman–Crippen LogP) is 3.16. The molecule has 6 heteroatoms. The van der Waals surface area contributed by atoms with Crippen LogP contribution in [0.15, 0.2) is 29.1 Å². The first-order valence-electron chi connectivity index (χ1n) is 6.57. The minimum atomic E-state index is 0.595.